The van der Waals surface area contributed by atoms with E-state index in [4.69, 9.17) is 14.2 Å². The van der Waals surface area contributed by atoms with Crippen molar-refractivity contribution >= 4 is 27.1 Å². The van der Waals surface area contributed by atoms with Crippen molar-refractivity contribution in [3.05, 3.63) is 29.8 Å². The van der Waals surface area contributed by atoms with Crippen LogP contribution in [0.2, 0.25) is 0 Å². The van der Waals surface area contributed by atoms with Crippen molar-refractivity contribution in [3.8, 4) is 17.6 Å². The smallest absolute Gasteiger partial charge is 0.497 e. The molecule has 3 rings (SSSR count). The van der Waals surface area contributed by atoms with Gasteiger partial charge in [0.05, 0.1) is 25.4 Å². The summed E-state index contributed by atoms with van der Waals surface area (Å²) in [5.74, 6) is 5.14. The number of hydrogen-bond acceptors (Lipinski definition) is 8. The third-order valence-electron chi connectivity index (χ3n) is 6.60. The number of amides is 1. The van der Waals surface area contributed by atoms with Gasteiger partial charge < -0.3 is 19.1 Å². The summed E-state index contributed by atoms with van der Waals surface area (Å²) in [6, 6.07) is 6.40. The highest BCUT2D eigenvalue weighted by Gasteiger charge is 2.56. The SMILES string of the molecule is CC#C[C@@H](C)CC[C@@H]1C[C@H](OS(=O)(=O)C(F)(F)F)C[C@](OC)([C@@H]2CSC(=O)N2Cc2ccc(OC)cc2)O1. The minimum atomic E-state index is -5.85. The molecule has 13 heteroatoms. The number of alkyl halides is 3. The van der Waals surface area contributed by atoms with Gasteiger partial charge in [-0.05, 0) is 37.5 Å². The van der Waals surface area contributed by atoms with Crippen molar-refractivity contribution in [1.29, 1.82) is 0 Å². The van der Waals surface area contributed by atoms with Crippen LogP contribution in [0.3, 0.4) is 0 Å². The third kappa shape index (κ3) is 7.15. The van der Waals surface area contributed by atoms with Crippen LogP contribution in [0.1, 0.15) is 45.1 Å². The largest absolute Gasteiger partial charge is 0.523 e. The number of thioether (sulfide) groups is 1. The van der Waals surface area contributed by atoms with Gasteiger partial charge in [0.15, 0.2) is 5.79 Å². The third-order valence-corrected chi connectivity index (χ3v) is 8.66. The predicted molar refractivity (Wildman–Crippen MR) is 136 cm³/mol. The topological polar surface area (TPSA) is 91.4 Å². The molecular formula is C25H32F3NO7S2. The van der Waals surface area contributed by atoms with Crippen molar-refractivity contribution in [2.45, 2.75) is 75.6 Å². The van der Waals surface area contributed by atoms with Crippen molar-refractivity contribution < 1.29 is 44.8 Å². The van der Waals surface area contributed by atoms with Crippen molar-refractivity contribution in [1.82, 2.24) is 4.90 Å². The second kappa shape index (κ2) is 12.5. The van der Waals surface area contributed by atoms with Crippen LogP contribution >= 0.6 is 11.8 Å². The number of ether oxygens (including phenoxy) is 3. The molecule has 2 saturated heterocycles. The van der Waals surface area contributed by atoms with E-state index in [1.807, 2.05) is 6.92 Å². The van der Waals surface area contributed by atoms with Crippen LogP contribution in [0.15, 0.2) is 24.3 Å². The van der Waals surface area contributed by atoms with Gasteiger partial charge in [0.1, 0.15) is 5.75 Å². The molecule has 2 heterocycles. The zero-order valence-corrected chi connectivity index (χ0v) is 23.2. The highest BCUT2D eigenvalue weighted by atomic mass is 32.2. The Morgan fingerprint density at radius 2 is 1.95 bits per heavy atom. The number of methoxy groups -OCH3 is 2. The van der Waals surface area contributed by atoms with Gasteiger partial charge in [0, 0.05) is 38.2 Å². The Balaban J connectivity index is 1.90. The molecule has 0 aliphatic carbocycles. The number of rotatable bonds is 10. The minimum Gasteiger partial charge on any atom is -0.497 e. The van der Waals surface area contributed by atoms with Crippen molar-refractivity contribution in [2.24, 2.45) is 5.92 Å². The summed E-state index contributed by atoms with van der Waals surface area (Å²) < 4.78 is 85.2. The summed E-state index contributed by atoms with van der Waals surface area (Å²) in [5.41, 5.74) is -4.77. The van der Waals surface area contributed by atoms with E-state index < -0.39 is 39.7 Å². The van der Waals surface area contributed by atoms with Gasteiger partial charge in [0.2, 0.25) is 0 Å². The van der Waals surface area contributed by atoms with E-state index in [1.165, 1.54) is 14.2 Å². The Hall–Kier alpha value is -1.98. The average Bonchev–Trinajstić information content (AvgIpc) is 3.22. The van der Waals surface area contributed by atoms with Crippen LogP contribution in [0.25, 0.3) is 0 Å². The van der Waals surface area contributed by atoms with Gasteiger partial charge in [-0.1, -0.05) is 30.8 Å². The lowest BCUT2D eigenvalue weighted by atomic mass is 9.90. The van der Waals surface area contributed by atoms with Gasteiger partial charge in [-0.2, -0.15) is 21.6 Å². The first-order chi connectivity index (χ1) is 17.8. The average molecular weight is 580 g/mol. The molecule has 0 unspecified atom stereocenters. The Morgan fingerprint density at radius 1 is 1.26 bits per heavy atom. The molecule has 38 heavy (non-hydrogen) atoms. The van der Waals surface area contributed by atoms with Gasteiger partial charge in [-0.3, -0.25) is 8.98 Å². The minimum absolute atomic E-state index is 0.00377. The van der Waals surface area contributed by atoms with E-state index in [1.54, 1.807) is 36.1 Å². The Labute approximate surface area is 225 Å². The van der Waals surface area contributed by atoms with E-state index in [0.717, 1.165) is 17.3 Å². The van der Waals surface area contributed by atoms with Gasteiger partial charge in [0.25, 0.3) is 5.24 Å². The molecule has 0 saturated carbocycles. The van der Waals surface area contributed by atoms with E-state index in [0.29, 0.717) is 18.6 Å². The van der Waals surface area contributed by atoms with Gasteiger partial charge >= 0.3 is 15.6 Å². The van der Waals surface area contributed by atoms with Crippen LogP contribution in [0, 0.1) is 17.8 Å². The lowest BCUT2D eigenvalue weighted by Gasteiger charge is -2.48. The molecule has 1 aromatic carbocycles. The maximum Gasteiger partial charge on any atom is 0.523 e. The standard InChI is InChI=1S/C25H32F3NO7S2/c1-5-6-17(2)7-10-20-13-21(36-38(31,32)25(26,27)28)14-24(34-4,35-20)22-16-37-23(30)29(22)15-18-8-11-19(33-3)12-9-18/h8-9,11-12,17,20-22H,7,10,13-16H2,1-4H3/t17-,20-,21+,22+,24-/m1/s1. The summed E-state index contributed by atoms with van der Waals surface area (Å²) in [6.07, 6.45) is -1.48. The summed E-state index contributed by atoms with van der Waals surface area (Å²) in [5, 5.41) is -0.250. The lowest BCUT2D eigenvalue weighted by molar-refractivity contribution is -0.303. The first-order valence-corrected chi connectivity index (χ1v) is 14.4. The Morgan fingerprint density at radius 3 is 2.53 bits per heavy atom. The fourth-order valence-corrected chi connectivity index (χ4v) is 6.42. The summed E-state index contributed by atoms with van der Waals surface area (Å²) in [4.78, 5) is 14.4. The van der Waals surface area contributed by atoms with Crippen LogP contribution in [-0.4, -0.2) is 68.1 Å². The normalized spacial score (nSPS) is 27.1. The monoisotopic (exact) mass is 579 g/mol. The second-order valence-electron chi connectivity index (χ2n) is 9.26. The first-order valence-electron chi connectivity index (χ1n) is 12.0. The van der Waals surface area contributed by atoms with Gasteiger partial charge in [-0.15, -0.1) is 11.8 Å². The molecule has 2 fully saturated rings. The van der Waals surface area contributed by atoms with Gasteiger partial charge in [-0.25, -0.2) is 0 Å². The fraction of sp³-hybridized carbons (Fsp3) is 0.640. The number of nitrogens with zero attached hydrogens (tertiary/aromatic N) is 1. The number of benzene rings is 1. The lowest BCUT2D eigenvalue weighted by Crippen LogP contribution is -2.60. The number of hydrogen-bond donors (Lipinski definition) is 0. The molecule has 0 aromatic heterocycles. The second-order valence-corrected chi connectivity index (χ2v) is 11.8. The molecule has 0 bridgehead atoms. The molecule has 2 aliphatic rings. The van der Waals surface area contributed by atoms with Crippen LogP contribution in [0.4, 0.5) is 18.0 Å². The molecule has 2 aliphatic heterocycles. The maximum atomic E-state index is 13.2. The number of halogens is 3. The first kappa shape index (κ1) is 30.6. The van der Waals surface area contributed by atoms with Crippen molar-refractivity contribution in [2.75, 3.05) is 20.0 Å². The van der Waals surface area contributed by atoms with E-state index in [2.05, 4.69) is 16.0 Å². The molecule has 1 amide bonds. The van der Waals surface area contributed by atoms with E-state index in [9.17, 15) is 26.4 Å². The van der Waals surface area contributed by atoms with Crippen LogP contribution in [-0.2, 0) is 30.3 Å². The summed E-state index contributed by atoms with van der Waals surface area (Å²) in [7, 11) is -2.98. The molecule has 1 aromatic rings. The molecule has 0 radical (unpaired) electrons. The van der Waals surface area contributed by atoms with Crippen molar-refractivity contribution in [3.63, 3.8) is 0 Å². The summed E-state index contributed by atoms with van der Waals surface area (Å²) >= 11 is 1.04. The zero-order valence-electron chi connectivity index (χ0n) is 21.6. The van der Waals surface area contributed by atoms with Crippen LogP contribution in [0.5, 0.6) is 5.75 Å². The number of carbonyl (C=O) groups excluding carboxylic acids is 1. The zero-order chi connectivity index (χ0) is 28.1. The van der Waals surface area contributed by atoms with E-state index in [-0.39, 0.29) is 36.3 Å². The maximum absolute atomic E-state index is 13.2. The highest BCUT2D eigenvalue weighted by molar-refractivity contribution is 8.13. The molecule has 212 valence electrons. The molecule has 5 atom stereocenters. The fourth-order valence-electron chi connectivity index (χ4n) is 4.71. The van der Waals surface area contributed by atoms with E-state index >= 15 is 0 Å². The molecular weight excluding hydrogens is 547 g/mol. The Bertz CT molecular complexity index is 1130. The predicted octanol–water partition coefficient (Wildman–Crippen LogP) is 4.93. The highest BCUT2D eigenvalue weighted by Crippen LogP contribution is 2.44. The molecule has 0 spiro atoms. The quantitative estimate of drug-likeness (QED) is 0.219. The Kier molecular flexibility index (Phi) is 10.0. The summed E-state index contributed by atoms with van der Waals surface area (Å²) in [6.45, 7) is 3.81. The number of carbonyl (C=O) groups is 1. The molecule has 0 N–H and O–H groups in total. The molecule has 8 nitrogen and oxygen atoms in total. The van der Waals surface area contributed by atoms with Crippen LogP contribution < -0.4 is 4.74 Å².